The summed E-state index contributed by atoms with van der Waals surface area (Å²) in [5.41, 5.74) is 0.862. The van der Waals surface area contributed by atoms with E-state index in [9.17, 15) is 10.2 Å². The maximum absolute atomic E-state index is 15.1. The van der Waals surface area contributed by atoms with Crippen molar-refractivity contribution in [2.45, 2.75) is 74.7 Å². The van der Waals surface area contributed by atoms with Crippen LogP contribution in [0.5, 0.6) is 0 Å². The molecule has 0 aliphatic heterocycles. The topological polar surface area (TPSA) is 98.7 Å². The van der Waals surface area contributed by atoms with Gasteiger partial charge >= 0.3 is 0 Å². The highest BCUT2D eigenvalue weighted by Crippen LogP contribution is 2.43. The molecule has 0 unspecified atom stereocenters. The lowest BCUT2D eigenvalue weighted by Gasteiger charge is -2.41. The quantitative estimate of drug-likeness (QED) is 0.0744. The van der Waals surface area contributed by atoms with Gasteiger partial charge in [0.05, 0.1) is 23.3 Å². The predicted molar refractivity (Wildman–Crippen MR) is 226 cm³/mol. The van der Waals surface area contributed by atoms with Gasteiger partial charge in [0.1, 0.15) is 5.41 Å². The summed E-state index contributed by atoms with van der Waals surface area (Å²) in [6.45, 7) is 0. The predicted octanol–water partition coefficient (Wildman–Crippen LogP) is 8.69. The molecule has 7 rings (SSSR count). The van der Waals surface area contributed by atoms with Gasteiger partial charge in [-0.2, -0.15) is 0 Å². The van der Waals surface area contributed by atoms with E-state index in [1.165, 1.54) is 0 Å². The molecule has 2 atom stereocenters. The molecule has 0 bridgehead atoms. The Morgan fingerprint density at radius 1 is 0.439 bits per heavy atom. The average molecular weight is 757 g/mol. The lowest BCUT2D eigenvalue weighted by molar-refractivity contribution is -0.147. The highest BCUT2D eigenvalue weighted by molar-refractivity contribution is 6.05. The van der Waals surface area contributed by atoms with E-state index in [0.717, 1.165) is 33.4 Å². The molecule has 0 radical (unpaired) electrons. The van der Waals surface area contributed by atoms with Gasteiger partial charge in [0.15, 0.2) is 0 Å². The molecule has 0 aromatic heterocycles. The number of amides is 2. The second kappa shape index (κ2) is 18.0. The number of carbonyl (C=O) groups excluding carboxylic acids is 2. The van der Waals surface area contributed by atoms with Crippen molar-refractivity contribution in [3.05, 3.63) is 215 Å². The van der Waals surface area contributed by atoms with E-state index in [1.807, 2.05) is 182 Å². The van der Waals surface area contributed by atoms with Crippen LogP contribution in [0.1, 0.15) is 71.1 Å². The van der Waals surface area contributed by atoms with Crippen LogP contribution < -0.4 is 10.6 Å². The van der Waals surface area contributed by atoms with Crippen LogP contribution in [0.15, 0.2) is 182 Å². The van der Waals surface area contributed by atoms with Crippen molar-refractivity contribution in [2.75, 3.05) is 0 Å². The van der Waals surface area contributed by atoms with Crippen molar-refractivity contribution >= 4 is 11.8 Å². The monoisotopic (exact) mass is 756 g/mol. The Kier molecular flexibility index (Phi) is 12.4. The van der Waals surface area contributed by atoms with Crippen molar-refractivity contribution in [3.63, 3.8) is 0 Å². The van der Waals surface area contributed by atoms with Gasteiger partial charge in [-0.25, -0.2) is 0 Å². The van der Waals surface area contributed by atoms with Crippen molar-refractivity contribution < 1.29 is 19.8 Å². The number of hydrogen-bond donors (Lipinski definition) is 4. The van der Waals surface area contributed by atoms with Crippen molar-refractivity contribution in [1.82, 2.24) is 10.6 Å². The number of nitrogens with one attached hydrogen (secondary N) is 2. The van der Waals surface area contributed by atoms with Gasteiger partial charge in [0, 0.05) is 25.7 Å². The molecule has 6 aromatic carbocycles. The maximum atomic E-state index is 15.1. The molecule has 1 aliphatic rings. The van der Waals surface area contributed by atoms with E-state index in [0.29, 0.717) is 25.7 Å². The molecule has 290 valence electrons. The van der Waals surface area contributed by atoms with Crippen LogP contribution in [0, 0.1) is 5.41 Å². The van der Waals surface area contributed by atoms with Gasteiger partial charge < -0.3 is 20.8 Å². The zero-order valence-corrected chi connectivity index (χ0v) is 32.3. The fourth-order valence-electron chi connectivity index (χ4n) is 8.75. The van der Waals surface area contributed by atoms with Gasteiger partial charge in [-0.05, 0) is 46.2 Å². The molecule has 1 saturated carbocycles. The zero-order chi connectivity index (χ0) is 39.6. The highest BCUT2D eigenvalue weighted by Gasteiger charge is 2.52. The molecule has 57 heavy (non-hydrogen) atoms. The van der Waals surface area contributed by atoms with E-state index >= 15 is 9.59 Å². The third-order valence-corrected chi connectivity index (χ3v) is 11.6. The molecule has 1 fully saturated rings. The summed E-state index contributed by atoms with van der Waals surface area (Å²) in [6.07, 6.45) is 3.16. The third kappa shape index (κ3) is 9.42. The minimum atomic E-state index is -1.46. The molecule has 0 saturated heterocycles. The van der Waals surface area contributed by atoms with Crippen LogP contribution >= 0.6 is 0 Å². The van der Waals surface area contributed by atoms with Crippen LogP contribution in [0.2, 0.25) is 0 Å². The molecule has 2 amide bonds. The lowest BCUT2D eigenvalue weighted by atomic mass is 9.76. The lowest BCUT2D eigenvalue weighted by Crippen LogP contribution is -2.58. The highest BCUT2D eigenvalue weighted by atomic mass is 16.3. The van der Waals surface area contributed by atoms with E-state index in [4.69, 9.17) is 0 Å². The first-order valence-electron chi connectivity index (χ1n) is 20.1. The molecule has 6 nitrogen and oxygen atoms in total. The van der Waals surface area contributed by atoms with E-state index < -0.39 is 40.5 Å². The second-order valence-electron chi connectivity index (χ2n) is 15.8. The SMILES string of the molecule is O=C(N[C@H](c1ccccc1)C(O)(Cc1ccccc1)Cc1ccccc1)C1(C(=O)N[C@H](c2ccccc2)C(O)(Cc2ccccc2)Cc2ccccc2)CCCC1. The van der Waals surface area contributed by atoms with Crippen molar-refractivity contribution in [3.8, 4) is 0 Å². The number of hydrogen-bond acceptors (Lipinski definition) is 4. The summed E-state index contributed by atoms with van der Waals surface area (Å²) in [4.78, 5) is 30.3. The van der Waals surface area contributed by atoms with E-state index in [2.05, 4.69) is 10.6 Å². The molecule has 6 aromatic rings. The Morgan fingerprint density at radius 3 is 0.947 bits per heavy atom. The van der Waals surface area contributed by atoms with E-state index in [-0.39, 0.29) is 25.7 Å². The Labute approximate surface area is 336 Å². The summed E-state index contributed by atoms with van der Waals surface area (Å²) in [6, 6.07) is 56.7. The minimum absolute atomic E-state index is 0.268. The molecule has 0 spiro atoms. The van der Waals surface area contributed by atoms with Gasteiger partial charge in [-0.15, -0.1) is 0 Å². The van der Waals surface area contributed by atoms with Gasteiger partial charge in [-0.1, -0.05) is 195 Å². The fraction of sp³-hybridized carbons (Fsp3) is 0.255. The van der Waals surface area contributed by atoms with Crippen LogP contribution in [0.3, 0.4) is 0 Å². The average Bonchev–Trinajstić information content (AvgIpc) is 3.76. The third-order valence-electron chi connectivity index (χ3n) is 11.6. The molecular formula is C51H52N2O4. The van der Waals surface area contributed by atoms with Crippen LogP contribution in [0.4, 0.5) is 0 Å². The van der Waals surface area contributed by atoms with E-state index in [1.54, 1.807) is 0 Å². The number of rotatable bonds is 16. The smallest absolute Gasteiger partial charge is 0.236 e. The largest absolute Gasteiger partial charge is 0.387 e. The summed E-state index contributed by atoms with van der Waals surface area (Å²) in [7, 11) is 0. The standard InChI is InChI=1S/C51H52N2O4/c54-47(52-45(43-29-15-5-16-30-43)50(56,35-39-21-7-1-8-22-39)36-40-23-9-2-10-24-40)49(33-19-20-34-49)48(55)53-46(44-31-17-6-18-32-44)51(57,37-41-25-11-3-12-26-41)38-42-27-13-4-14-28-42/h1-18,21-32,45-46,56-57H,19-20,33-38H2,(H,52,54)(H,53,55)/t45-,46-/m1/s1. The molecule has 0 heterocycles. The second-order valence-corrected chi connectivity index (χ2v) is 15.8. The Bertz CT molecular complexity index is 1920. The first-order chi connectivity index (χ1) is 27.8. The normalized spacial score (nSPS) is 15.0. The first kappa shape index (κ1) is 39.4. The fourth-order valence-corrected chi connectivity index (χ4v) is 8.75. The zero-order valence-electron chi connectivity index (χ0n) is 32.3. The Morgan fingerprint density at radius 2 is 0.684 bits per heavy atom. The van der Waals surface area contributed by atoms with Crippen molar-refractivity contribution in [1.29, 1.82) is 0 Å². The van der Waals surface area contributed by atoms with Crippen LogP contribution in [-0.2, 0) is 35.3 Å². The van der Waals surface area contributed by atoms with Gasteiger partial charge in [0.25, 0.3) is 0 Å². The molecule has 6 heteroatoms. The van der Waals surface area contributed by atoms with Gasteiger partial charge in [0.2, 0.25) is 11.8 Å². The summed E-state index contributed by atoms with van der Waals surface area (Å²) in [5.74, 6) is -0.847. The van der Waals surface area contributed by atoms with Gasteiger partial charge in [-0.3, -0.25) is 9.59 Å². The number of aliphatic hydroxyl groups is 2. The first-order valence-corrected chi connectivity index (χ1v) is 20.1. The maximum Gasteiger partial charge on any atom is 0.236 e. The Balaban J connectivity index is 1.26. The van der Waals surface area contributed by atoms with Crippen molar-refractivity contribution in [2.24, 2.45) is 5.41 Å². The summed E-state index contributed by atoms with van der Waals surface area (Å²) in [5, 5.41) is 32.6. The number of benzene rings is 6. The van der Waals surface area contributed by atoms with Crippen LogP contribution in [-0.4, -0.2) is 33.2 Å². The molecule has 4 N–H and O–H groups in total. The molecular weight excluding hydrogens is 705 g/mol. The van der Waals surface area contributed by atoms with Crippen LogP contribution in [0.25, 0.3) is 0 Å². The minimum Gasteiger partial charge on any atom is -0.387 e. The summed E-state index contributed by atoms with van der Waals surface area (Å²) < 4.78 is 0. The Hall–Kier alpha value is -5.82. The molecule has 1 aliphatic carbocycles. The summed E-state index contributed by atoms with van der Waals surface area (Å²) >= 11 is 0. The number of carbonyl (C=O) groups is 2.